The molecule has 1 atom stereocenters. The van der Waals surface area contributed by atoms with Crippen molar-refractivity contribution in [2.75, 3.05) is 19.6 Å². The fourth-order valence-corrected chi connectivity index (χ4v) is 2.68. The standard InChI is InChI=1S/C12H24N2O2/c1-3-12(4-2)6-8-14(9-12)10(5-7-13)11(15)16/h10H,3-9,13H2,1-2H3,(H,15,16). The second-order valence-electron chi connectivity index (χ2n) is 4.86. The van der Waals surface area contributed by atoms with E-state index in [1.54, 1.807) is 0 Å². The van der Waals surface area contributed by atoms with Crippen molar-refractivity contribution in [2.45, 2.75) is 45.6 Å². The molecule has 94 valence electrons. The van der Waals surface area contributed by atoms with Crippen molar-refractivity contribution in [1.29, 1.82) is 0 Å². The van der Waals surface area contributed by atoms with Crippen LogP contribution in [0.5, 0.6) is 0 Å². The number of carbonyl (C=O) groups is 1. The fourth-order valence-electron chi connectivity index (χ4n) is 2.68. The van der Waals surface area contributed by atoms with Crippen molar-refractivity contribution in [3.8, 4) is 0 Å². The third-order valence-corrected chi connectivity index (χ3v) is 4.13. The molecule has 1 heterocycles. The molecule has 0 aromatic rings. The van der Waals surface area contributed by atoms with Crippen LogP contribution in [0.1, 0.15) is 39.5 Å². The molecular weight excluding hydrogens is 204 g/mol. The first-order valence-corrected chi connectivity index (χ1v) is 6.25. The van der Waals surface area contributed by atoms with E-state index in [9.17, 15) is 9.90 Å². The first kappa shape index (κ1) is 13.5. The highest BCUT2D eigenvalue weighted by Crippen LogP contribution is 2.38. The number of aliphatic carboxylic acids is 1. The fraction of sp³-hybridized carbons (Fsp3) is 0.917. The highest BCUT2D eigenvalue weighted by molar-refractivity contribution is 5.73. The van der Waals surface area contributed by atoms with Crippen LogP contribution >= 0.6 is 0 Å². The Kier molecular flexibility index (Phi) is 4.74. The van der Waals surface area contributed by atoms with E-state index in [0.717, 1.165) is 32.4 Å². The van der Waals surface area contributed by atoms with Crippen LogP contribution in [0.3, 0.4) is 0 Å². The minimum atomic E-state index is -0.728. The van der Waals surface area contributed by atoms with Crippen molar-refractivity contribution in [3.05, 3.63) is 0 Å². The molecule has 0 spiro atoms. The molecule has 3 N–H and O–H groups in total. The number of hydrogen-bond donors (Lipinski definition) is 2. The summed E-state index contributed by atoms with van der Waals surface area (Å²) in [5.41, 5.74) is 5.81. The lowest BCUT2D eigenvalue weighted by molar-refractivity contribution is -0.143. The molecule has 0 bridgehead atoms. The quantitative estimate of drug-likeness (QED) is 0.719. The molecule has 1 rings (SSSR count). The van der Waals surface area contributed by atoms with Crippen LogP contribution in [-0.2, 0) is 4.79 Å². The molecule has 1 unspecified atom stereocenters. The van der Waals surface area contributed by atoms with Crippen molar-refractivity contribution >= 4 is 5.97 Å². The number of carboxylic acids is 1. The molecule has 0 saturated carbocycles. The van der Waals surface area contributed by atoms with Crippen LogP contribution in [-0.4, -0.2) is 41.7 Å². The number of rotatable bonds is 6. The number of nitrogens with two attached hydrogens (primary N) is 1. The SMILES string of the molecule is CCC1(CC)CCN(C(CCN)C(=O)O)C1. The predicted molar refractivity (Wildman–Crippen MR) is 64.3 cm³/mol. The van der Waals surface area contributed by atoms with Gasteiger partial charge in [0.2, 0.25) is 0 Å². The van der Waals surface area contributed by atoms with Crippen LogP contribution in [0.4, 0.5) is 0 Å². The Labute approximate surface area is 97.8 Å². The summed E-state index contributed by atoms with van der Waals surface area (Å²) in [6.07, 6.45) is 3.94. The Morgan fingerprint density at radius 3 is 2.50 bits per heavy atom. The van der Waals surface area contributed by atoms with E-state index in [1.165, 1.54) is 0 Å². The molecule has 4 heteroatoms. The first-order valence-electron chi connectivity index (χ1n) is 6.25. The number of carboxylic acid groups (broad SMARTS) is 1. The average molecular weight is 228 g/mol. The van der Waals surface area contributed by atoms with Gasteiger partial charge >= 0.3 is 5.97 Å². The van der Waals surface area contributed by atoms with Gasteiger partial charge < -0.3 is 10.8 Å². The third-order valence-electron chi connectivity index (χ3n) is 4.13. The van der Waals surface area contributed by atoms with Gasteiger partial charge in [0.25, 0.3) is 0 Å². The summed E-state index contributed by atoms with van der Waals surface area (Å²) in [4.78, 5) is 13.3. The number of nitrogens with zero attached hydrogens (tertiary/aromatic N) is 1. The van der Waals surface area contributed by atoms with Gasteiger partial charge in [-0.05, 0) is 44.2 Å². The van der Waals surface area contributed by atoms with Gasteiger partial charge in [-0.2, -0.15) is 0 Å². The van der Waals surface area contributed by atoms with Crippen LogP contribution < -0.4 is 5.73 Å². The molecule has 0 radical (unpaired) electrons. The summed E-state index contributed by atoms with van der Waals surface area (Å²) < 4.78 is 0. The lowest BCUT2D eigenvalue weighted by Crippen LogP contribution is -2.42. The Morgan fingerprint density at radius 2 is 2.12 bits per heavy atom. The van der Waals surface area contributed by atoms with Gasteiger partial charge in [-0.15, -0.1) is 0 Å². The van der Waals surface area contributed by atoms with Crippen LogP contribution in [0.15, 0.2) is 0 Å². The summed E-state index contributed by atoms with van der Waals surface area (Å²) in [6, 6.07) is -0.384. The second-order valence-corrected chi connectivity index (χ2v) is 4.86. The van der Waals surface area contributed by atoms with Gasteiger partial charge in [0.05, 0.1) is 0 Å². The normalized spacial score (nSPS) is 22.2. The van der Waals surface area contributed by atoms with Crippen molar-refractivity contribution < 1.29 is 9.90 Å². The molecule has 1 aliphatic rings. The van der Waals surface area contributed by atoms with Crippen LogP contribution in [0.25, 0.3) is 0 Å². The van der Waals surface area contributed by atoms with Crippen LogP contribution in [0, 0.1) is 5.41 Å². The lowest BCUT2D eigenvalue weighted by Gasteiger charge is -2.29. The Hall–Kier alpha value is -0.610. The Bertz CT molecular complexity index is 239. The Balaban J connectivity index is 2.65. The smallest absolute Gasteiger partial charge is 0.320 e. The zero-order chi connectivity index (χ0) is 12.2. The molecule has 1 aliphatic heterocycles. The van der Waals surface area contributed by atoms with E-state index in [2.05, 4.69) is 18.7 Å². The summed E-state index contributed by atoms with van der Waals surface area (Å²) in [7, 11) is 0. The van der Waals surface area contributed by atoms with Gasteiger partial charge in [-0.25, -0.2) is 0 Å². The molecule has 0 aromatic carbocycles. The third kappa shape index (κ3) is 2.74. The van der Waals surface area contributed by atoms with Gasteiger partial charge in [-0.1, -0.05) is 13.8 Å². The summed E-state index contributed by atoms with van der Waals surface area (Å²) in [6.45, 7) is 6.66. The lowest BCUT2D eigenvalue weighted by atomic mass is 9.82. The second kappa shape index (κ2) is 5.64. The number of hydrogen-bond acceptors (Lipinski definition) is 3. The summed E-state index contributed by atoms with van der Waals surface area (Å²) >= 11 is 0. The maximum absolute atomic E-state index is 11.2. The first-order chi connectivity index (χ1) is 7.58. The van der Waals surface area contributed by atoms with E-state index in [1.807, 2.05) is 0 Å². The van der Waals surface area contributed by atoms with E-state index in [-0.39, 0.29) is 6.04 Å². The zero-order valence-electron chi connectivity index (χ0n) is 10.4. The molecule has 0 aliphatic carbocycles. The maximum Gasteiger partial charge on any atom is 0.320 e. The molecule has 0 aromatic heterocycles. The molecule has 1 saturated heterocycles. The molecule has 1 fully saturated rings. The largest absolute Gasteiger partial charge is 0.480 e. The molecular formula is C12H24N2O2. The van der Waals surface area contributed by atoms with Crippen molar-refractivity contribution in [2.24, 2.45) is 11.1 Å². The number of likely N-dealkylation sites (tertiary alicyclic amines) is 1. The van der Waals surface area contributed by atoms with Crippen molar-refractivity contribution in [3.63, 3.8) is 0 Å². The summed E-state index contributed by atoms with van der Waals surface area (Å²) in [5, 5.41) is 9.18. The Morgan fingerprint density at radius 1 is 1.50 bits per heavy atom. The van der Waals surface area contributed by atoms with Gasteiger partial charge in [0.1, 0.15) is 6.04 Å². The van der Waals surface area contributed by atoms with Gasteiger partial charge in [0, 0.05) is 6.54 Å². The van der Waals surface area contributed by atoms with E-state index in [4.69, 9.17) is 5.73 Å². The summed E-state index contributed by atoms with van der Waals surface area (Å²) in [5.74, 6) is -0.728. The van der Waals surface area contributed by atoms with E-state index < -0.39 is 5.97 Å². The molecule has 4 nitrogen and oxygen atoms in total. The highest BCUT2D eigenvalue weighted by atomic mass is 16.4. The topological polar surface area (TPSA) is 66.6 Å². The minimum Gasteiger partial charge on any atom is -0.480 e. The zero-order valence-corrected chi connectivity index (χ0v) is 10.4. The van der Waals surface area contributed by atoms with Crippen LogP contribution in [0.2, 0.25) is 0 Å². The monoisotopic (exact) mass is 228 g/mol. The van der Waals surface area contributed by atoms with E-state index in [0.29, 0.717) is 18.4 Å². The molecule has 0 amide bonds. The molecule has 16 heavy (non-hydrogen) atoms. The predicted octanol–water partition coefficient (Wildman–Crippen LogP) is 1.30. The van der Waals surface area contributed by atoms with Gasteiger partial charge in [-0.3, -0.25) is 9.69 Å². The average Bonchev–Trinajstić information content (AvgIpc) is 2.70. The van der Waals surface area contributed by atoms with Gasteiger partial charge in [0.15, 0.2) is 0 Å². The van der Waals surface area contributed by atoms with E-state index >= 15 is 0 Å². The minimum absolute atomic E-state index is 0.336. The highest BCUT2D eigenvalue weighted by Gasteiger charge is 2.39. The van der Waals surface area contributed by atoms with Crippen molar-refractivity contribution in [1.82, 2.24) is 4.90 Å². The maximum atomic E-state index is 11.2.